The fraction of sp³-hybridized carbons (Fsp3) is 0.106. The van der Waals surface area contributed by atoms with E-state index in [2.05, 4.69) is 196 Å². The molecule has 0 atom stereocenters. The van der Waals surface area contributed by atoms with Crippen molar-refractivity contribution in [1.29, 1.82) is 0 Å². The Morgan fingerprint density at radius 3 is 1.78 bits per heavy atom. The monoisotopic (exact) mass is 661 g/mol. The Morgan fingerprint density at radius 2 is 1.02 bits per heavy atom. The van der Waals surface area contributed by atoms with Crippen LogP contribution in [0.2, 0.25) is 13.1 Å². The lowest BCUT2D eigenvalue weighted by Crippen LogP contribution is -2.56. The summed E-state index contributed by atoms with van der Waals surface area (Å²) < 4.78 is 6.68. The van der Waals surface area contributed by atoms with E-state index in [1.807, 2.05) is 0 Å². The Kier molecular flexibility index (Phi) is 6.98. The van der Waals surface area contributed by atoms with Gasteiger partial charge in [-0.1, -0.05) is 148 Å². The first-order valence-corrected chi connectivity index (χ1v) is 20.5. The molecule has 0 amide bonds. The van der Waals surface area contributed by atoms with Gasteiger partial charge in [0.25, 0.3) is 0 Å². The van der Waals surface area contributed by atoms with E-state index in [-0.39, 0.29) is 5.41 Å². The molecule has 7 aromatic rings. The van der Waals surface area contributed by atoms with E-state index >= 15 is 0 Å². The minimum Gasteiger partial charge on any atom is -0.457 e. The Hall–Kier alpha value is -5.64. The van der Waals surface area contributed by atoms with Gasteiger partial charge in [0.2, 0.25) is 0 Å². The molecule has 9 rings (SSSR count). The Balaban J connectivity index is 1.14. The van der Waals surface area contributed by atoms with E-state index in [0.717, 1.165) is 39.7 Å². The van der Waals surface area contributed by atoms with E-state index in [4.69, 9.17) is 4.74 Å². The average molecular weight is 662 g/mol. The molecule has 1 aliphatic carbocycles. The molecule has 0 radical (unpaired) electrons. The van der Waals surface area contributed by atoms with Crippen molar-refractivity contribution in [1.82, 2.24) is 0 Å². The van der Waals surface area contributed by atoms with Crippen LogP contribution in [-0.4, -0.2) is 8.07 Å². The zero-order valence-electron chi connectivity index (χ0n) is 28.9. The lowest BCUT2D eigenvalue weighted by Gasteiger charge is -2.34. The van der Waals surface area contributed by atoms with Gasteiger partial charge < -0.3 is 9.64 Å². The summed E-state index contributed by atoms with van der Waals surface area (Å²) in [5.74, 6) is 2.00. The lowest BCUT2D eigenvalue weighted by atomic mass is 9.82. The summed E-state index contributed by atoms with van der Waals surface area (Å²) in [7, 11) is -1.92. The van der Waals surface area contributed by atoms with E-state index in [1.54, 1.807) is 0 Å². The summed E-state index contributed by atoms with van der Waals surface area (Å²) in [4.78, 5) is 2.39. The molecule has 1 heterocycles. The average Bonchev–Trinajstić information content (AvgIpc) is 3.38. The number of ether oxygens (including phenoxy) is 1. The number of hydrogen-bond donors (Lipinski definition) is 0. The van der Waals surface area contributed by atoms with Crippen LogP contribution in [0.5, 0.6) is 11.5 Å². The van der Waals surface area contributed by atoms with Crippen molar-refractivity contribution in [2.45, 2.75) is 32.4 Å². The van der Waals surface area contributed by atoms with Gasteiger partial charge in [-0.05, 0) is 91.8 Å². The summed E-state index contributed by atoms with van der Waals surface area (Å²) in [6.45, 7) is 9.55. The molecule has 1 aliphatic heterocycles. The van der Waals surface area contributed by atoms with Crippen LogP contribution in [-0.2, 0) is 5.41 Å². The van der Waals surface area contributed by atoms with Crippen molar-refractivity contribution in [3.05, 3.63) is 175 Å². The summed E-state index contributed by atoms with van der Waals surface area (Å²) in [5, 5.41) is 2.70. The van der Waals surface area contributed by atoms with Gasteiger partial charge >= 0.3 is 0 Å². The van der Waals surface area contributed by atoms with Crippen molar-refractivity contribution in [2.24, 2.45) is 0 Å². The van der Waals surface area contributed by atoms with Crippen LogP contribution in [0, 0.1) is 0 Å². The summed E-state index contributed by atoms with van der Waals surface area (Å²) in [6.07, 6.45) is 0. The Morgan fingerprint density at radius 1 is 0.460 bits per heavy atom. The first-order chi connectivity index (χ1) is 24.3. The zero-order valence-corrected chi connectivity index (χ0v) is 29.9. The van der Waals surface area contributed by atoms with Gasteiger partial charge in [-0.3, -0.25) is 0 Å². The van der Waals surface area contributed by atoms with Crippen LogP contribution in [0.3, 0.4) is 0 Å². The largest absolute Gasteiger partial charge is 0.457 e. The van der Waals surface area contributed by atoms with Gasteiger partial charge in [-0.2, -0.15) is 0 Å². The molecular weight excluding hydrogens is 623 g/mol. The predicted molar refractivity (Wildman–Crippen MR) is 213 cm³/mol. The molecule has 2 aliphatic rings. The van der Waals surface area contributed by atoms with Crippen molar-refractivity contribution < 1.29 is 4.74 Å². The summed E-state index contributed by atoms with van der Waals surface area (Å²) in [6, 6.07) is 59.6. The summed E-state index contributed by atoms with van der Waals surface area (Å²) in [5.41, 5.74) is 13.4. The molecule has 242 valence electrons. The summed E-state index contributed by atoms with van der Waals surface area (Å²) >= 11 is 0. The van der Waals surface area contributed by atoms with Crippen LogP contribution >= 0.6 is 0 Å². The maximum atomic E-state index is 6.68. The number of fused-ring (bicyclic) bond motifs is 5. The Labute approximate surface area is 296 Å². The number of benzene rings is 7. The molecule has 0 fully saturated rings. The van der Waals surface area contributed by atoms with Crippen LogP contribution in [0.1, 0.15) is 25.0 Å². The van der Waals surface area contributed by atoms with Gasteiger partial charge in [-0.15, -0.1) is 0 Å². The highest BCUT2D eigenvalue weighted by Crippen LogP contribution is 2.50. The quantitative estimate of drug-likeness (QED) is 0.170. The second-order valence-corrected chi connectivity index (χ2v) is 18.9. The molecule has 50 heavy (non-hydrogen) atoms. The number of para-hydroxylation sites is 2. The van der Waals surface area contributed by atoms with Crippen molar-refractivity contribution in [3.8, 4) is 44.9 Å². The second-order valence-electron chi connectivity index (χ2n) is 14.6. The Bertz CT molecular complexity index is 2390. The van der Waals surface area contributed by atoms with Crippen LogP contribution in [0.4, 0.5) is 17.1 Å². The lowest BCUT2D eigenvalue weighted by molar-refractivity contribution is 0.488. The SMILES string of the molecule is CC1(C)c2ccccc2-c2ccc(N(c3ccc(-c4ccccc4)cc3)c3ccc(-c4cccc5c4Oc4ccccc4[Si]5(C)C)cc3)cc21. The van der Waals surface area contributed by atoms with Gasteiger partial charge in [0.15, 0.2) is 0 Å². The normalized spacial score (nSPS) is 14.5. The highest BCUT2D eigenvalue weighted by Gasteiger charge is 2.38. The smallest absolute Gasteiger partial charge is 0.134 e. The molecule has 0 N–H and O–H groups in total. The first kappa shape index (κ1) is 30.4. The third kappa shape index (κ3) is 4.76. The van der Waals surface area contributed by atoms with Gasteiger partial charge in [0.1, 0.15) is 19.6 Å². The van der Waals surface area contributed by atoms with Crippen LogP contribution < -0.4 is 20.0 Å². The highest BCUT2D eigenvalue weighted by atomic mass is 28.3. The van der Waals surface area contributed by atoms with E-state index in [1.165, 1.54) is 43.8 Å². The van der Waals surface area contributed by atoms with Crippen LogP contribution in [0.15, 0.2) is 164 Å². The highest BCUT2D eigenvalue weighted by molar-refractivity contribution is 7.01. The minimum absolute atomic E-state index is 0.0866. The molecule has 7 aromatic carbocycles. The van der Waals surface area contributed by atoms with Crippen LogP contribution in [0.25, 0.3) is 33.4 Å². The first-order valence-electron chi connectivity index (χ1n) is 17.5. The maximum absolute atomic E-state index is 6.68. The maximum Gasteiger partial charge on any atom is 0.134 e. The third-order valence-electron chi connectivity index (χ3n) is 11.0. The number of nitrogens with zero attached hydrogens (tertiary/aromatic N) is 1. The number of rotatable bonds is 5. The van der Waals surface area contributed by atoms with E-state index in [9.17, 15) is 0 Å². The molecule has 0 bridgehead atoms. The molecule has 2 nitrogen and oxygen atoms in total. The fourth-order valence-electron chi connectivity index (χ4n) is 8.20. The number of hydrogen-bond acceptors (Lipinski definition) is 2. The van der Waals surface area contributed by atoms with E-state index < -0.39 is 8.07 Å². The van der Waals surface area contributed by atoms with Crippen molar-refractivity contribution >= 4 is 35.5 Å². The second kappa shape index (κ2) is 11.5. The van der Waals surface area contributed by atoms with Gasteiger partial charge in [0.05, 0.1) is 0 Å². The molecule has 0 unspecified atom stereocenters. The van der Waals surface area contributed by atoms with Gasteiger partial charge in [-0.25, -0.2) is 0 Å². The number of anilines is 3. The topological polar surface area (TPSA) is 12.5 Å². The standard InChI is InChI=1S/C47H39NOSi/c1-47(2)41-17-9-8-15-39(41)40-30-29-37(31-42(40)47)48(35-25-21-33(22-26-35)32-13-6-5-7-14-32)36-27-23-34(24-28-36)38-16-12-20-45-46(38)49-43-18-10-11-19-44(43)50(45,3)4/h5-31H,1-4H3. The van der Waals surface area contributed by atoms with Gasteiger partial charge in [0, 0.05) is 28.0 Å². The molecule has 3 heteroatoms. The predicted octanol–water partition coefficient (Wildman–Crippen LogP) is 11.7. The molecule has 0 aromatic heterocycles. The van der Waals surface area contributed by atoms with Crippen molar-refractivity contribution in [2.75, 3.05) is 4.90 Å². The minimum atomic E-state index is -1.92. The molecular formula is C47H39NOSi. The van der Waals surface area contributed by atoms with E-state index in [0.29, 0.717) is 0 Å². The molecule has 0 saturated carbocycles. The molecule has 0 saturated heterocycles. The third-order valence-corrected chi connectivity index (χ3v) is 14.5. The zero-order chi connectivity index (χ0) is 34.0. The molecule has 0 spiro atoms. The van der Waals surface area contributed by atoms with Crippen molar-refractivity contribution in [3.63, 3.8) is 0 Å². The fourth-order valence-corrected chi connectivity index (χ4v) is 11.0.